The van der Waals surface area contributed by atoms with Gasteiger partial charge in [0.1, 0.15) is 0 Å². The van der Waals surface area contributed by atoms with Gasteiger partial charge in [-0.15, -0.1) is 0 Å². The van der Waals surface area contributed by atoms with E-state index in [0.717, 1.165) is 33.8 Å². The van der Waals surface area contributed by atoms with Crippen molar-refractivity contribution in [3.05, 3.63) is 130 Å². The third-order valence-corrected chi connectivity index (χ3v) is 9.20. The Morgan fingerprint density at radius 2 is 1.67 bits per heavy atom. The summed E-state index contributed by atoms with van der Waals surface area (Å²) in [6.07, 6.45) is 1.94. The normalized spacial score (nSPS) is 17.9. The van der Waals surface area contributed by atoms with Gasteiger partial charge >= 0.3 is 0 Å². The highest BCUT2D eigenvalue weighted by atomic mass is 32.2. The summed E-state index contributed by atoms with van der Waals surface area (Å²) < 4.78 is 0. The highest BCUT2D eigenvalue weighted by Gasteiger charge is 2.30. The first-order valence-corrected chi connectivity index (χ1v) is 15.3. The number of hydrogen-bond donors (Lipinski definition) is 0. The third kappa shape index (κ3) is 5.72. The Bertz CT molecular complexity index is 1660. The van der Waals surface area contributed by atoms with Crippen LogP contribution in [0.3, 0.4) is 0 Å². The van der Waals surface area contributed by atoms with Crippen LogP contribution in [-0.2, 0) is 11.3 Å². The van der Waals surface area contributed by atoms with Crippen LogP contribution in [0, 0.1) is 13.8 Å². The number of amides is 2. The standard InChI is InChI=1S/C36H35N3O2S/c1-25-9-8-12-31(21-25)38-20-19-37(23-27(38)3)35(40)29-17-15-28(16-18-29)22-34-36(41)39(24-30-11-5-4-10-26(30)2)32-13-6-7-14-33(32)42-34/h4-18,21-22,27H,19-20,23-24H2,1-3H3/b34-22+/t27-/m0/s1. The van der Waals surface area contributed by atoms with Gasteiger partial charge in [0, 0.05) is 41.8 Å². The van der Waals surface area contributed by atoms with Gasteiger partial charge in [-0.3, -0.25) is 9.59 Å². The van der Waals surface area contributed by atoms with Crippen molar-refractivity contribution in [3.8, 4) is 0 Å². The van der Waals surface area contributed by atoms with Crippen LogP contribution in [0.2, 0.25) is 0 Å². The summed E-state index contributed by atoms with van der Waals surface area (Å²) in [5.74, 6) is 0.0361. The Hall–Kier alpha value is -4.29. The van der Waals surface area contributed by atoms with Crippen LogP contribution in [0.25, 0.3) is 6.08 Å². The Balaban J connectivity index is 1.17. The average Bonchev–Trinajstić information content (AvgIpc) is 3.00. The molecule has 4 aromatic rings. The molecule has 5 nitrogen and oxygen atoms in total. The fourth-order valence-electron chi connectivity index (χ4n) is 5.77. The fourth-order valence-corrected chi connectivity index (χ4v) is 6.82. The molecule has 0 aliphatic carbocycles. The van der Waals surface area contributed by atoms with Gasteiger partial charge in [0.15, 0.2) is 0 Å². The van der Waals surface area contributed by atoms with Gasteiger partial charge < -0.3 is 14.7 Å². The second-order valence-corrected chi connectivity index (χ2v) is 12.2. The van der Waals surface area contributed by atoms with E-state index in [1.165, 1.54) is 23.0 Å². The van der Waals surface area contributed by atoms with E-state index in [4.69, 9.17) is 0 Å². The lowest BCUT2D eigenvalue weighted by Gasteiger charge is -2.41. The van der Waals surface area contributed by atoms with E-state index in [2.05, 4.69) is 68.1 Å². The topological polar surface area (TPSA) is 43.9 Å². The maximum Gasteiger partial charge on any atom is 0.265 e. The van der Waals surface area contributed by atoms with E-state index in [1.54, 1.807) is 0 Å². The van der Waals surface area contributed by atoms with Crippen molar-refractivity contribution in [2.24, 2.45) is 0 Å². The number of hydrogen-bond acceptors (Lipinski definition) is 4. The van der Waals surface area contributed by atoms with E-state index in [0.29, 0.717) is 30.1 Å². The van der Waals surface area contributed by atoms with E-state index >= 15 is 0 Å². The van der Waals surface area contributed by atoms with Gasteiger partial charge in [-0.05, 0) is 85.5 Å². The van der Waals surface area contributed by atoms with Crippen molar-refractivity contribution in [3.63, 3.8) is 0 Å². The second kappa shape index (κ2) is 11.9. The van der Waals surface area contributed by atoms with Gasteiger partial charge in [0.25, 0.3) is 11.8 Å². The van der Waals surface area contributed by atoms with E-state index in [9.17, 15) is 9.59 Å². The quantitative estimate of drug-likeness (QED) is 0.235. The van der Waals surface area contributed by atoms with Crippen molar-refractivity contribution in [1.82, 2.24) is 4.90 Å². The molecule has 4 aromatic carbocycles. The lowest BCUT2D eigenvalue weighted by Crippen LogP contribution is -2.53. The van der Waals surface area contributed by atoms with E-state index in [-0.39, 0.29) is 17.9 Å². The van der Waals surface area contributed by atoms with E-state index < -0.39 is 0 Å². The molecule has 42 heavy (non-hydrogen) atoms. The monoisotopic (exact) mass is 573 g/mol. The second-order valence-electron chi connectivity index (χ2n) is 11.2. The number of para-hydroxylation sites is 1. The minimum Gasteiger partial charge on any atom is -0.365 e. The molecule has 0 spiro atoms. The summed E-state index contributed by atoms with van der Waals surface area (Å²) >= 11 is 1.50. The number of carbonyl (C=O) groups is 2. The number of anilines is 2. The lowest BCUT2D eigenvalue weighted by atomic mass is 10.1. The molecule has 0 unspecified atom stereocenters. The average molecular weight is 574 g/mol. The van der Waals surface area contributed by atoms with Gasteiger partial charge in [-0.1, -0.05) is 72.4 Å². The van der Waals surface area contributed by atoms with Gasteiger partial charge in [-0.25, -0.2) is 0 Å². The van der Waals surface area contributed by atoms with Crippen LogP contribution in [0.5, 0.6) is 0 Å². The minimum absolute atomic E-state index is 0.0115. The Morgan fingerprint density at radius 3 is 2.43 bits per heavy atom. The molecule has 2 amide bonds. The molecule has 0 saturated carbocycles. The van der Waals surface area contributed by atoms with Crippen LogP contribution in [0.4, 0.5) is 11.4 Å². The Morgan fingerprint density at radius 1 is 0.905 bits per heavy atom. The smallest absolute Gasteiger partial charge is 0.265 e. The Kier molecular flexibility index (Phi) is 7.90. The van der Waals surface area contributed by atoms with Gasteiger partial charge in [-0.2, -0.15) is 0 Å². The molecule has 0 bridgehead atoms. The first-order chi connectivity index (χ1) is 20.4. The predicted molar refractivity (Wildman–Crippen MR) is 173 cm³/mol. The molecule has 2 aliphatic heterocycles. The molecule has 0 radical (unpaired) electrons. The van der Waals surface area contributed by atoms with Crippen molar-refractivity contribution in [2.45, 2.75) is 38.3 Å². The van der Waals surface area contributed by atoms with Crippen LogP contribution in [0.15, 0.2) is 107 Å². The van der Waals surface area contributed by atoms with Crippen LogP contribution < -0.4 is 9.80 Å². The molecule has 6 rings (SSSR count). The number of carbonyl (C=O) groups excluding carboxylic acids is 2. The van der Waals surface area contributed by atoms with Gasteiger partial charge in [0.05, 0.1) is 17.1 Å². The number of piperazine rings is 1. The summed E-state index contributed by atoms with van der Waals surface area (Å²) in [7, 11) is 0. The molecule has 1 fully saturated rings. The van der Waals surface area contributed by atoms with Crippen LogP contribution in [0.1, 0.15) is 39.5 Å². The van der Waals surface area contributed by atoms with Crippen molar-refractivity contribution in [2.75, 3.05) is 29.4 Å². The van der Waals surface area contributed by atoms with Crippen molar-refractivity contribution >= 4 is 41.0 Å². The predicted octanol–water partition coefficient (Wildman–Crippen LogP) is 7.33. The zero-order valence-electron chi connectivity index (χ0n) is 24.3. The number of rotatable bonds is 5. The molecule has 1 atom stereocenters. The number of fused-ring (bicyclic) bond motifs is 1. The summed E-state index contributed by atoms with van der Waals surface area (Å²) in [6, 6.07) is 32.7. The third-order valence-electron chi connectivity index (χ3n) is 8.13. The highest BCUT2D eigenvalue weighted by Crippen LogP contribution is 2.42. The summed E-state index contributed by atoms with van der Waals surface area (Å²) in [5.41, 5.74) is 7.25. The van der Waals surface area contributed by atoms with Gasteiger partial charge in [0.2, 0.25) is 0 Å². The number of aryl methyl sites for hydroxylation is 2. The summed E-state index contributed by atoms with van der Waals surface area (Å²) in [6.45, 7) is 9.05. The van der Waals surface area contributed by atoms with Crippen LogP contribution in [-0.4, -0.2) is 42.4 Å². The molecule has 2 aliphatic rings. The molecule has 2 heterocycles. The first-order valence-electron chi connectivity index (χ1n) is 14.4. The molecule has 212 valence electrons. The number of thioether (sulfide) groups is 1. The molecule has 0 aromatic heterocycles. The number of nitrogens with zero attached hydrogens (tertiary/aromatic N) is 3. The molecule has 6 heteroatoms. The van der Waals surface area contributed by atoms with Crippen LogP contribution >= 0.6 is 11.8 Å². The van der Waals surface area contributed by atoms with E-state index in [1.807, 2.05) is 70.5 Å². The highest BCUT2D eigenvalue weighted by molar-refractivity contribution is 8.04. The summed E-state index contributed by atoms with van der Waals surface area (Å²) in [5, 5.41) is 0. The maximum atomic E-state index is 13.7. The SMILES string of the molecule is Cc1cccc(N2CCN(C(=O)c3ccc(/C=C4/Sc5ccccc5N(Cc5ccccc5C)C4=O)cc3)C[C@@H]2C)c1. The lowest BCUT2D eigenvalue weighted by molar-refractivity contribution is -0.114. The minimum atomic E-state index is -0.0115. The molecule has 0 N–H and O–H groups in total. The Labute approximate surface area is 252 Å². The zero-order chi connectivity index (χ0) is 29.2. The van der Waals surface area contributed by atoms with Crippen molar-refractivity contribution < 1.29 is 9.59 Å². The number of benzene rings is 4. The first kappa shape index (κ1) is 27.9. The fraction of sp³-hybridized carbons (Fsp3) is 0.222. The zero-order valence-corrected chi connectivity index (χ0v) is 25.1. The molecule has 1 saturated heterocycles. The molecular formula is C36H35N3O2S. The van der Waals surface area contributed by atoms with Crippen molar-refractivity contribution in [1.29, 1.82) is 0 Å². The largest absolute Gasteiger partial charge is 0.365 e. The maximum absolute atomic E-state index is 13.7. The molecular weight excluding hydrogens is 538 g/mol. The summed E-state index contributed by atoms with van der Waals surface area (Å²) in [4.78, 5) is 35.1.